The van der Waals surface area contributed by atoms with E-state index in [1.54, 1.807) is 24.3 Å². The molecule has 0 amide bonds. The van der Waals surface area contributed by atoms with Crippen LogP contribution < -0.4 is 0 Å². The smallest absolute Gasteiger partial charge is 0.132 e. The molecule has 146 valence electrons. The van der Waals surface area contributed by atoms with Crippen LogP contribution in [0.3, 0.4) is 0 Å². The number of halogens is 1. The third kappa shape index (κ3) is 3.94. The molecular formula is C25H28FNO. The van der Waals surface area contributed by atoms with E-state index < -0.39 is 0 Å². The predicted octanol–water partition coefficient (Wildman–Crippen LogP) is 6.86. The average molecular weight is 378 g/mol. The van der Waals surface area contributed by atoms with Gasteiger partial charge in [-0.25, -0.2) is 9.37 Å². The van der Waals surface area contributed by atoms with Crippen LogP contribution in [0.15, 0.2) is 54.6 Å². The van der Waals surface area contributed by atoms with Gasteiger partial charge in [-0.15, -0.1) is 0 Å². The van der Waals surface area contributed by atoms with E-state index in [0.29, 0.717) is 22.5 Å². The first kappa shape index (κ1) is 20.1. The van der Waals surface area contributed by atoms with Gasteiger partial charge in [-0.05, 0) is 46.7 Å². The maximum Gasteiger partial charge on any atom is 0.132 e. The molecule has 0 saturated carbocycles. The normalized spacial score (nSPS) is 12.2. The lowest BCUT2D eigenvalue weighted by Gasteiger charge is -2.27. The molecule has 0 aliphatic carbocycles. The minimum absolute atomic E-state index is 0.0778. The van der Waals surface area contributed by atoms with E-state index >= 15 is 0 Å². The molecule has 3 heteroatoms. The lowest BCUT2D eigenvalue weighted by molar-refractivity contribution is 0.446. The molecule has 2 nitrogen and oxygen atoms in total. The summed E-state index contributed by atoms with van der Waals surface area (Å²) in [5.74, 6) is -0.0751. The second-order valence-electron chi connectivity index (χ2n) is 9.31. The monoisotopic (exact) mass is 377 g/mol. The summed E-state index contributed by atoms with van der Waals surface area (Å²) in [6.45, 7) is 12.7. The molecule has 0 aliphatic heterocycles. The molecule has 0 radical (unpaired) electrons. The highest BCUT2D eigenvalue weighted by Crippen LogP contribution is 2.41. The van der Waals surface area contributed by atoms with E-state index in [4.69, 9.17) is 0 Å². The summed E-state index contributed by atoms with van der Waals surface area (Å²) in [5, 5.41) is 11.1. The summed E-state index contributed by atoms with van der Waals surface area (Å²) in [6, 6.07) is 16.2. The Balaban J connectivity index is 2.24. The Labute approximate surface area is 167 Å². The molecule has 0 fully saturated rings. The first-order valence-corrected chi connectivity index (χ1v) is 9.59. The van der Waals surface area contributed by atoms with Crippen molar-refractivity contribution in [3.63, 3.8) is 0 Å². The van der Waals surface area contributed by atoms with Gasteiger partial charge in [-0.1, -0.05) is 65.8 Å². The minimum atomic E-state index is -0.310. The van der Waals surface area contributed by atoms with E-state index in [0.717, 1.165) is 11.1 Å². The summed E-state index contributed by atoms with van der Waals surface area (Å²) in [6.07, 6.45) is 0. The molecule has 0 atom stereocenters. The predicted molar refractivity (Wildman–Crippen MR) is 114 cm³/mol. The molecule has 0 unspecified atom stereocenters. The zero-order valence-corrected chi connectivity index (χ0v) is 17.5. The Hall–Kier alpha value is -2.68. The fraction of sp³-hybridized carbons (Fsp3) is 0.320. The molecule has 2 aromatic carbocycles. The van der Waals surface area contributed by atoms with E-state index in [-0.39, 0.29) is 22.4 Å². The summed E-state index contributed by atoms with van der Waals surface area (Å²) in [4.78, 5) is 4.68. The average Bonchev–Trinajstić information content (AvgIpc) is 2.60. The molecule has 28 heavy (non-hydrogen) atoms. The van der Waals surface area contributed by atoms with E-state index in [1.807, 2.05) is 18.2 Å². The van der Waals surface area contributed by atoms with Gasteiger partial charge in [0.25, 0.3) is 0 Å². The number of hydrogen-bond donors (Lipinski definition) is 1. The molecule has 3 aromatic rings. The number of pyridine rings is 1. The van der Waals surface area contributed by atoms with Crippen LogP contribution >= 0.6 is 0 Å². The Bertz CT molecular complexity index is 1010. The van der Waals surface area contributed by atoms with Crippen molar-refractivity contribution in [3.05, 3.63) is 71.5 Å². The quantitative estimate of drug-likeness (QED) is 0.529. The molecule has 0 saturated heterocycles. The largest absolute Gasteiger partial charge is 0.507 e. The molecular weight excluding hydrogens is 349 g/mol. The van der Waals surface area contributed by atoms with Gasteiger partial charge in [-0.2, -0.15) is 0 Å². The van der Waals surface area contributed by atoms with Crippen molar-refractivity contribution in [1.29, 1.82) is 0 Å². The first-order chi connectivity index (χ1) is 13.0. The van der Waals surface area contributed by atoms with Gasteiger partial charge in [-0.3, -0.25) is 0 Å². The topological polar surface area (TPSA) is 33.1 Å². The zero-order valence-electron chi connectivity index (χ0n) is 17.5. The standard InChI is InChI=1S/C25H28FNO/c1-24(2,3)16-14-18(23(28)19(15-16)25(4,5)6)22-13-9-12-21(27-22)17-10-7-8-11-20(17)26/h7-15,28H,1-6H3. The number of phenols is 1. The van der Waals surface area contributed by atoms with E-state index in [1.165, 1.54) is 6.07 Å². The summed E-state index contributed by atoms with van der Waals surface area (Å²) in [5.41, 5.74) is 4.02. The molecule has 0 aliphatic rings. The molecule has 0 spiro atoms. The maximum atomic E-state index is 14.2. The van der Waals surface area contributed by atoms with Crippen LogP contribution in [0.2, 0.25) is 0 Å². The van der Waals surface area contributed by atoms with Crippen molar-refractivity contribution < 1.29 is 9.50 Å². The Morgan fingerprint density at radius 2 is 1.36 bits per heavy atom. The van der Waals surface area contributed by atoms with Crippen LogP contribution in [-0.4, -0.2) is 10.1 Å². The van der Waals surface area contributed by atoms with Gasteiger partial charge in [0.05, 0.1) is 11.4 Å². The Morgan fingerprint density at radius 1 is 0.750 bits per heavy atom. The van der Waals surface area contributed by atoms with Crippen LogP contribution in [0.4, 0.5) is 4.39 Å². The maximum absolute atomic E-state index is 14.2. The lowest BCUT2D eigenvalue weighted by Crippen LogP contribution is -2.17. The van der Waals surface area contributed by atoms with E-state index in [9.17, 15) is 9.50 Å². The number of hydrogen-bond acceptors (Lipinski definition) is 2. The highest BCUT2D eigenvalue weighted by atomic mass is 19.1. The molecule has 0 bridgehead atoms. The highest BCUT2D eigenvalue weighted by Gasteiger charge is 2.26. The molecule has 3 rings (SSSR count). The van der Waals surface area contributed by atoms with Gasteiger partial charge in [0.1, 0.15) is 11.6 Å². The van der Waals surface area contributed by atoms with Crippen molar-refractivity contribution in [2.24, 2.45) is 0 Å². The van der Waals surface area contributed by atoms with Crippen LogP contribution in [0.1, 0.15) is 52.7 Å². The highest BCUT2D eigenvalue weighted by molar-refractivity contribution is 5.73. The van der Waals surface area contributed by atoms with Gasteiger partial charge < -0.3 is 5.11 Å². The molecule has 1 heterocycles. The third-order valence-corrected chi connectivity index (χ3v) is 4.96. The van der Waals surface area contributed by atoms with E-state index in [2.05, 4.69) is 52.6 Å². The van der Waals surface area contributed by atoms with Gasteiger partial charge in [0.15, 0.2) is 0 Å². The van der Waals surface area contributed by atoms with Crippen molar-refractivity contribution >= 4 is 0 Å². The van der Waals surface area contributed by atoms with Crippen molar-refractivity contribution in [2.45, 2.75) is 52.4 Å². The van der Waals surface area contributed by atoms with Crippen LogP contribution in [0.25, 0.3) is 22.5 Å². The van der Waals surface area contributed by atoms with Crippen LogP contribution in [0.5, 0.6) is 5.75 Å². The molecule has 1 aromatic heterocycles. The summed E-state index contributed by atoms with van der Waals surface area (Å²) in [7, 11) is 0. The van der Waals surface area contributed by atoms with Crippen molar-refractivity contribution in [2.75, 3.05) is 0 Å². The number of aromatic nitrogens is 1. The second-order valence-corrected chi connectivity index (χ2v) is 9.31. The SMILES string of the molecule is CC(C)(C)c1cc(-c2cccc(-c3ccccc3F)n2)c(O)c(C(C)(C)C)c1. The van der Waals surface area contributed by atoms with Gasteiger partial charge >= 0.3 is 0 Å². The number of nitrogens with zero attached hydrogens (tertiary/aromatic N) is 1. The lowest BCUT2D eigenvalue weighted by atomic mass is 9.78. The fourth-order valence-electron chi connectivity index (χ4n) is 3.24. The van der Waals surface area contributed by atoms with Crippen LogP contribution in [-0.2, 0) is 10.8 Å². The number of benzene rings is 2. The Kier molecular flexibility index (Phi) is 5.05. The Morgan fingerprint density at radius 3 is 1.93 bits per heavy atom. The second kappa shape index (κ2) is 7.05. The zero-order chi connectivity index (χ0) is 20.7. The first-order valence-electron chi connectivity index (χ1n) is 9.59. The number of aromatic hydroxyl groups is 1. The third-order valence-electron chi connectivity index (χ3n) is 4.96. The molecule has 1 N–H and O–H groups in total. The minimum Gasteiger partial charge on any atom is -0.507 e. The van der Waals surface area contributed by atoms with Gasteiger partial charge in [0, 0.05) is 16.7 Å². The summed E-state index contributed by atoms with van der Waals surface area (Å²) >= 11 is 0. The van der Waals surface area contributed by atoms with Gasteiger partial charge in [0.2, 0.25) is 0 Å². The van der Waals surface area contributed by atoms with Crippen molar-refractivity contribution in [3.8, 4) is 28.3 Å². The number of phenolic OH excluding ortho intramolecular Hbond substituents is 1. The van der Waals surface area contributed by atoms with Crippen LogP contribution in [0, 0.1) is 5.82 Å². The van der Waals surface area contributed by atoms with Crippen molar-refractivity contribution in [1.82, 2.24) is 4.98 Å². The summed E-state index contributed by atoms with van der Waals surface area (Å²) < 4.78 is 14.2. The fourth-order valence-corrected chi connectivity index (χ4v) is 3.24. The number of rotatable bonds is 2.